The number of aliphatic imine (C=N–C) groups is 1. The SMILES string of the molecule is CCNC(=O)Nc1sc2c(OC)cccc2c1C(=O)N1CCC(N)(C(N)=O)CC1.CCNC(=O)Nc1sc2c(OC)cccc2c1C(=O)N1CCC2(CC1)N=C(CCl)NC2=O.COC(CCl)(OC)OC. The van der Waals surface area contributed by atoms with E-state index in [1.165, 1.54) is 44.0 Å². The first kappa shape index (κ1) is 55.4. The topological polar surface area (TPSA) is 280 Å². The highest BCUT2D eigenvalue weighted by molar-refractivity contribution is 7.24. The summed E-state index contributed by atoms with van der Waals surface area (Å²) in [6.45, 7) is 5.90. The van der Waals surface area contributed by atoms with Gasteiger partial charge >= 0.3 is 12.1 Å². The third-order valence-corrected chi connectivity index (χ3v) is 14.8. The van der Waals surface area contributed by atoms with E-state index in [0.717, 1.165) is 9.40 Å². The average molecular weight is 1050 g/mol. The third kappa shape index (κ3) is 12.1. The van der Waals surface area contributed by atoms with Gasteiger partial charge in [-0.3, -0.25) is 34.8 Å². The Balaban J connectivity index is 0.000000223. The van der Waals surface area contributed by atoms with Gasteiger partial charge in [-0.1, -0.05) is 24.3 Å². The number of hydrogen-bond acceptors (Lipinski definition) is 15. The zero-order valence-corrected chi connectivity index (χ0v) is 43.2. The number of fused-ring (bicyclic) bond motifs is 2. The minimum absolute atomic E-state index is 0.147. The summed E-state index contributed by atoms with van der Waals surface area (Å²) >= 11 is 13.9. The van der Waals surface area contributed by atoms with E-state index in [2.05, 4.69) is 31.6 Å². The van der Waals surface area contributed by atoms with Gasteiger partial charge in [-0.05, 0) is 51.7 Å². The van der Waals surface area contributed by atoms with Crippen LogP contribution in [0.3, 0.4) is 0 Å². The number of benzene rings is 2. The third-order valence-electron chi connectivity index (χ3n) is 11.9. The van der Waals surface area contributed by atoms with E-state index in [4.69, 9.17) is 58.4 Å². The van der Waals surface area contributed by atoms with Crippen LogP contribution in [0.2, 0.25) is 0 Å². The Morgan fingerprint density at radius 1 is 0.743 bits per heavy atom. The fourth-order valence-electron chi connectivity index (χ4n) is 7.88. The van der Waals surface area contributed by atoms with Crippen molar-refractivity contribution in [3.63, 3.8) is 0 Å². The molecule has 1 spiro atoms. The van der Waals surface area contributed by atoms with E-state index in [9.17, 15) is 28.8 Å². The second-order valence-electron chi connectivity index (χ2n) is 16.0. The Morgan fingerprint density at radius 2 is 1.17 bits per heavy atom. The van der Waals surface area contributed by atoms with Crippen LogP contribution in [0.15, 0.2) is 41.4 Å². The molecule has 382 valence electrons. The van der Waals surface area contributed by atoms with Gasteiger partial charge < -0.3 is 60.9 Å². The molecule has 0 saturated carbocycles. The summed E-state index contributed by atoms with van der Waals surface area (Å²) in [6, 6.07) is 10.1. The molecule has 0 atom stereocenters. The molecule has 2 aromatic carbocycles. The van der Waals surface area contributed by atoms with Crippen molar-refractivity contribution in [3.05, 3.63) is 47.5 Å². The molecule has 8 amide bonds. The number of nitrogens with two attached hydrogens (primary N) is 2. The number of carbonyl (C=O) groups is 6. The standard InChI is InChI=1S/C21H24ClN5O4S.C19H25N5O4S.C5H11ClO3/c1-3-23-20(30)25-17-15(12-5-4-6-13(31-2)16(12)32-17)18(28)27-9-7-21(8-10-27)19(29)24-14(11-22)26-21;1-3-22-18(27)23-15-13(11-5-4-6-12(28-2)14(11)29-15)16(25)24-9-7-19(21,8-10-24)17(20)26;1-7-5(4-6,8-2)9-3/h4-6H,3,7-11H2,1-2H3,(H2,23,25,30)(H,24,26,29);4-6H,3,7-10,21H2,1-2H3,(H2,20,26)(H2,22,23,27);4H2,1-3H3. The van der Waals surface area contributed by atoms with E-state index >= 15 is 0 Å². The highest BCUT2D eigenvalue weighted by Gasteiger charge is 2.47. The van der Waals surface area contributed by atoms with Crippen LogP contribution in [0, 0.1) is 0 Å². The fourth-order valence-corrected chi connectivity index (χ4v) is 10.7. The average Bonchev–Trinajstić information content (AvgIpc) is 4.02. The summed E-state index contributed by atoms with van der Waals surface area (Å²) in [5, 5.41) is 16.0. The smallest absolute Gasteiger partial charge is 0.319 e. The molecular formula is C45H60Cl2N10O11S2. The summed E-state index contributed by atoms with van der Waals surface area (Å²) in [6.07, 6.45) is 1.40. The maximum absolute atomic E-state index is 13.6. The van der Waals surface area contributed by atoms with Crippen molar-refractivity contribution in [2.24, 2.45) is 16.5 Å². The van der Waals surface area contributed by atoms with Crippen molar-refractivity contribution < 1.29 is 52.5 Å². The molecule has 21 nitrogen and oxygen atoms in total. The number of methoxy groups -OCH3 is 5. The molecule has 7 rings (SSSR count). The van der Waals surface area contributed by atoms with Gasteiger partial charge in [0.25, 0.3) is 23.7 Å². The molecule has 0 aliphatic carbocycles. The number of halogens is 2. The highest BCUT2D eigenvalue weighted by Crippen LogP contribution is 2.43. The van der Waals surface area contributed by atoms with Gasteiger partial charge in [-0.2, -0.15) is 0 Å². The number of rotatable bonds is 14. The predicted molar refractivity (Wildman–Crippen MR) is 272 cm³/mol. The van der Waals surface area contributed by atoms with Gasteiger partial charge in [0.2, 0.25) is 5.91 Å². The lowest BCUT2D eigenvalue weighted by atomic mass is 9.87. The number of nitrogens with zero attached hydrogens (tertiary/aromatic N) is 3. The van der Waals surface area contributed by atoms with Gasteiger partial charge in [0.1, 0.15) is 38.8 Å². The van der Waals surface area contributed by atoms with Crippen LogP contribution < -0.4 is 47.5 Å². The normalized spacial score (nSPS) is 16.0. The van der Waals surface area contributed by atoms with E-state index in [1.807, 2.05) is 38.1 Å². The Hall–Kier alpha value is -5.53. The second-order valence-corrected chi connectivity index (χ2v) is 18.5. The van der Waals surface area contributed by atoms with Crippen LogP contribution in [0.1, 0.15) is 60.2 Å². The summed E-state index contributed by atoms with van der Waals surface area (Å²) in [4.78, 5) is 83.2. The molecule has 3 aliphatic heterocycles. The van der Waals surface area contributed by atoms with E-state index in [-0.39, 0.29) is 41.5 Å². The Bertz CT molecular complexity index is 2550. The molecule has 0 radical (unpaired) electrons. The predicted octanol–water partition coefficient (Wildman–Crippen LogP) is 5.08. The van der Waals surface area contributed by atoms with Crippen LogP contribution in [-0.4, -0.2) is 155 Å². The molecule has 25 heteroatoms. The van der Waals surface area contributed by atoms with E-state index in [0.29, 0.717) is 114 Å². The molecule has 3 aliphatic rings. The van der Waals surface area contributed by atoms with Crippen molar-refractivity contribution in [3.8, 4) is 11.5 Å². The molecular weight excluding hydrogens is 992 g/mol. The minimum atomic E-state index is -1.10. The summed E-state index contributed by atoms with van der Waals surface area (Å²) in [5.74, 6) is -0.202. The fraction of sp³-hybridized carbons (Fsp3) is 0.489. The van der Waals surface area contributed by atoms with Gasteiger partial charge in [0, 0.05) is 71.4 Å². The minimum Gasteiger partial charge on any atom is -0.495 e. The number of likely N-dealkylation sites (tertiary alicyclic amines) is 2. The molecule has 4 aromatic rings. The second kappa shape index (κ2) is 24.5. The lowest BCUT2D eigenvalue weighted by molar-refractivity contribution is -0.337. The maximum atomic E-state index is 13.6. The molecule has 0 unspecified atom stereocenters. The number of ether oxygens (including phenoxy) is 5. The number of amidine groups is 1. The molecule has 0 bridgehead atoms. The quantitative estimate of drug-likeness (QED) is 0.0643. The number of carbonyl (C=O) groups excluding carboxylic acids is 6. The Morgan fingerprint density at radius 3 is 1.50 bits per heavy atom. The lowest BCUT2D eigenvalue weighted by Gasteiger charge is -2.37. The molecule has 70 heavy (non-hydrogen) atoms. The number of nitrogens with one attached hydrogen (secondary N) is 5. The van der Waals surface area contributed by atoms with Crippen LogP contribution in [0.5, 0.6) is 11.5 Å². The van der Waals surface area contributed by atoms with Gasteiger partial charge in [-0.25, -0.2) is 9.59 Å². The summed E-state index contributed by atoms with van der Waals surface area (Å²) < 4.78 is 26.9. The molecule has 2 fully saturated rings. The molecule has 2 saturated heterocycles. The van der Waals surface area contributed by atoms with Crippen LogP contribution >= 0.6 is 45.9 Å². The largest absolute Gasteiger partial charge is 0.495 e. The monoisotopic (exact) mass is 1050 g/mol. The lowest BCUT2D eigenvalue weighted by Crippen LogP contribution is -2.59. The Kier molecular flexibility index (Phi) is 19.4. The summed E-state index contributed by atoms with van der Waals surface area (Å²) in [5.41, 5.74) is 10.3. The van der Waals surface area contributed by atoms with Gasteiger partial charge in [0.15, 0.2) is 0 Å². The number of anilines is 2. The molecule has 5 heterocycles. The number of hydrogen-bond donors (Lipinski definition) is 7. The number of urea groups is 2. The van der Waals surface area contributed by atoms with Gasteiger partial charge in [0.05, 0.1) is 46.2 Å². The number of thiophene rings is 2. The number of alkyl halides is 2. The van der Waals surface area contributed by atoms with Crippen LogP contribution in [0.4, 0.5) is 19.6 Å². The molecule has 9 N–H and O–H groups in total. The highest BCUT2D eigenvalue weighted by atomic mass is 35.5. The van der Waals surface area contributed by atoms with Crippen LogP contribution in [0.25, 0.3) is 20.2 Å². The number of amides is 8. The van der Waals surface area contributed by atoms with Crippen molar-refractivity contribution >= 4 is 118 Å². The van der Waals surface area contributed by atoms with Crippen LogP contribution in [-0.2, 0) is 23.8 Å². The van der Waals surface area contributed by atoms with Crippen molar-refractivity contribution in [2.45, 2.75) is 56.6 Å². The zero-order chi connectivity index (χ0) is 51.4. The maximum Gasteiger partial charge on any atom is 0.319 e. The summed E-state index contributed by atoms with van der Waals surface area (Å²) in [7, 11) is 7.53. The van der Waals surface area contributed by atoms with Crippen molar-refractivity contribution in [1.82, 2.24) is 25.8 Å². The van der Waals surface area contributed by atoms with Crippen molar-refractivity contribution in [1.29, 1.82) is 0 Å². The van der Waals surface area contributed by atoms with E-state index in [1.54, 1.807) is 36.2 Å². The molecule has 2 aromatic heterocycles. The Labute approximate surface area is 423 Å². The first-order valence-electron chi connectivity index (χ1n) is 22.1. The van der Waals surface area contributed by atoms with E-state index < -0.39 is 23.0 Å². The van der Waals surface area contributed by atoms with Crippen molar-refractivity contribution in [2.75, 3.05) is 97.2 Å². The zero-order valence-electron chi connectivity index (χ0n) is 40.0. The number of primary amides is 1. The van der Waals surface area contributed by atoms with Gasteiger partial charge in [-0.15, -0.1) is 45.9 Å². The number of piperidine rings is 2. The first-order valence-corrected chi connectivity index (χ1v) is 24.8. The first-order chi connectivity index (χ1) is 33.5.